The van der Waals surface area contributed by atoms with Crippen LogP contribution in [0.4, 0.5) is 5.69 Å². The number of nitrogens with one attached hydrogen (secondary N) is 2. The third-order valence-electron chi connectivity index (χ3n) is 3.75. The molecule has 0 radical (unpaired) electrons. The van der Waals surface area contributed by atoms with E-state index in [2.05, 4.69) is 15.6 Å². The molecular formula is C19H19N3O3S. The van der Waals surface area contributed by atoms with Gasteiger partial charge in [0.25, 0.3) is 11.8 Å². The summed E-state index contributed by atoms with van der Waals surface area (Å²) in [5.74, 6) is 0.796. The normalized spacial score (nSPS) is 13.7. The van der Waals surface area contributed by atoms with Crippen molar-refractivity contribution in [1.82, 2.24) is 10.3 Å². The molecule has 1 aromatic carbocycles. The molecule has 3 rings (SSSR count). The van der Waals surface area contributed by atoms with Gasteiger partial charge in [-0.1, -0.05) is 18.2 Å². The minimum Gasteiger partial charge on any atom is -0.496 e. The maximum Gasteiger partial charge on any atom is 0.265 e. The molecule has 0 saturated heterocycles. The fourth-order valence-corrected chi connectivity index (χ4v) is 3.28. The number of pyridine rings is 1. The maximum atomic E-state index is 12.5. The van der Waals surface area contributed by atoms with Crippen molar-refractivity contribution >= 4 is 29.3 Å². The van der Waals surface area contributed by atoms with E-state index in [4.69, 9.17) is 4.74 Å². The Morgan fingerprint density at radius 3 is 2.73 bits per heavy atom. The highest BCUT2D eigenvalue weighted by Crippen LogP contribution is 2.27. The molecule has 26 heavy (non-hydrogen) atoms. The van der Waals surface area contributed by atoms with Gasteiger partial charge >= 0.3 is 0 Å². The first-order valence-electron chi connectivity index (χ1n) is 8.20. The van der Waals surface area contributed by atoms with Gasteiger partial charge in [-0.25, -0.2) is 0 Å². The standard InChI is InChI=1S/C19H19N3O3S/c1-13-17(26-11-10-25-13)19(24)22-16-8-3-2-7-15(16)18(23)21-12-14-6-4-5-9-20-14/h2-9H,10-12H2,1H3,(H,21,23)(H,22,24). The van der Waals surface area contributed by atoms with Crippen LogP contribution in [0.3, 0.4) is 0 Å². The van der Waals surface area contributed by atoms with Gasteiger partial charge in [0.05, 0.1) is 30.1 Å². The number of hydrogen-bond acceptors (Lipinski definition) is 5. The number of aromatic nitrogens is 1. The van der Waals surface area contributed by atoms with Gasteiger partial charge in [-0.3, -0.25) is 14.6 Å². The summed E-state index contributed by atoms with van der Waals surface area (Å²) >= 11 is 1.45. The van der Waals surface area contributed by atoms with Gasteiger partial charge in [-0.15, -0.1) is 11.8 Å². The lowest BCUT2D eigenvalue weighted by atomic mass is 10.1. The fourth-order valence-electron chi connectivity index (χ4n) is 2.47. The Bertz CT molecular complexity index is 837. The van der Waals surface area contributed by atoms with E-state index in [0.29, 0.717) is 35.1 Å². The van der Waals surface area contributed by atoms with Gasteiger partial charge in [-0.2, -0.15) is 0 Å². The lowest BCUT2D eigenvalue weighted by molar-refractivity contribution is -0.112. The molecule has 0 atom stereocenters. The molecule has 2 heterocycles. The van der Waals surface area contributed by atoms with Gasteiger partial charge in [0, 0.05) is 11.9 Å². The first-order chi connectivity index (χ1) is 12.6. The second-order valence-corrected chi connectivity index (χ2v) is 6.69. The summed E-state index contributed by atoms with van der Waals surface area (Å²) in [6, 6.07) is 12.4. The summed E-state index contributed by atoms with van der Waals surface area (Å²) < 4.78 is 5.43. The van der Waals surface area contributed by atoms with Crippen LogP contribution in [0.2, 0.25) is 0 Å². The molecular weight excluding hydrogens is 350 g/mol. The minimum atomic E-state index is -0.273. The zero-order valence-electron chi connectivity index (χ0n) is 14.3. The summed E-state index contributed by atoms with van der Waals surface area (Å²) in [6.07, 6.45) is 1.68. The first-order valence-corrected chi connectivity index (χ1v) is 9.18. The van der Waals surface area contributed by atoms with Crippen LogP contribution in [0.25, 0.3) is 0 Å². The van der Waals surface area contributed by atoms with Gasteiger partial charge in [0.2, 0.25) is 0 Å². The smallest absolute Gasteiger partial charge is 0.265 e. The monoisotopic (exact) mass is 369 g/mol. The van der Waals surface area contributed by atoms with Gasteiger partial charge in [0.15, 0.2) is 0 Å². The van der Waals surface area contributed by atoms with E-state index in [9.17, 15) is 9.59 Å². The molecule has 2 amide bonds. The van der Waals surface area contributed by atoms with Crippen molar-refractivity contribution in [2.45, 2.75) is 13.5 Å². The van der Waals surface area contributed by atoms with Crippen LogP contribution >= 0.6 is 11.8 Å². The number of amides is 2. The number of nitrogens with zero attached hydrogens (tertiary/aromatic N) is 1. The first kappa shape index (κ1) is 18.0. The second-order valence-electron chi connectivity index (χ2n) is 5.59. The Balaban J connectivity index is 1.71. The molecule has 0 spiro atoms. The summed E-state index contributed by atoms with van der Waals surface area (Å²) in [6.45, 7) is 2.68. The molecule has 1 aliphatic heterocycles. The molecule has 134 valence electrons. The lowest BCUT2D eigenvalue weighted by Gasteiger charge is -2.18. The predicted molar refractivity (Wildman–Crippen MR) is 102 cm³/mol. The van der Waals surface area contributed by atoms with Crippen molar-refractivity contribution in [2.24, 2.45) is 0 Å². The molecule has 1 aromatic heterocycles. The van der Waals surface area contributed by atoms with E-state index in [0.717, 1.165) is 11.4 Å². The van der Waals surface area contributed by atoms with Crippen LogP contribution in [-0.2, 0) is 16.1 Å². The van der Waals surface area contributed by atoms with E-state index in [1.165, 1.54) is 11.8 Å². The van der Waals surface area contributed by atoms with Crippen LogP contribution in [-0.4, -0.2) is 29.2 Å². The Kier molecular flexibility index (Phi) is 5.91. The molecule has 0 fully saturated rings. The van der Waals surface area contributed by atoms with Crippen molar-refractivity contribution < 1.29 is 14.3 Å². The van der Waals surface area contributed by atoms with Crippen LogP contribution in [0.1, 0.15) is 23.0 Å². The summed E-state index contributed by atoms with van der Waals surface area (Å²) in [5, 5.41) is 5.64. The fraction of sp³-hybridized carbons (Fsp3) is 0.211. The molecule has 7 heteroatoms. The zero-order valence-corrected chi connectivity index (χ0v) is 15.1. The summed E-state index contributed by atoms with van der Waals surface area (Å²) in [5.41, 5.74) is 1.62. The third kappa shape index (κ3) is 4.43. The van der Waals surface area contributed by atoms with Crippen LogP contribution in [0.5, 0.6) is 0 Å². The highest BCUT2D eigenvalue weighted by Gasteiger charge is 2.20. The highest BCUT2D eigenvalue weighted by molar-refractivity contribution is 8.04. The van der Waals surface area contributed by atoms with Crippen LogP contribution in [0.15, 0.2) is 59.3 Å². The Morgan fingerprint density at radius 2 is 1.96 bits per heavy atom. The summed E-state index contributed by atoms with van der Waals surface area (Å²) in [7, 11) is 0. The number of thioether (sulfide) groups is 1. The van der Waals surface area contributed by atoms with Gasteiger partial charge in [0.1, 0.15) is 10.7 Å². The SMILES string of the molecule is CC1=C(C(=O)Nc2ccccc2C(=O)NCc2ccccn2)SCCO1. The molecule has 2 aromatic rings. The highest BCUT2D eigenvalue weighted by atomic mass is 32.2. The molecule has 2 N–H and O–H groups in total. The van der Waals surface area contributed by atoms with Crippen molar-refractivity contribution in [3.05, 3.63) is 70.6 Å². The molecule has 1 aliphatic rings. The molecule has 0 bridgehead atoms. The van der Waals surface area contributed by atoms with Gasteiger partial charge in [-0.05, 0) is 31.2 Å². The largest absolute Gasteiger partial charge is 0.496 e. The van der Waals surface area contributed by atoms with E-state index in [-0.39, 0.29) is 11.8 Å². The number of para-hydroxylation sites is 1. The number of carbonyl (C=O) groups is 2. The minimum absolute atomic E-state index is 0.267. The Labute approximate surface area is 156 Å². The van der Waals surface area contributed by atoms with Crippen molar-refractivity contribution in [3.8, 4) is 0 Å². The average molecular weight is 369 g/mol. The van der Waals surface area contributed by atoms with Crippen LogP contribution in [0, 0.1) is 0 Å². The molecule has 6 nitrogen and oxygen atoms in total. The van der Waals surface area contributed by atoms with E-state index >= 15 is 0 Å². The number of benzene rings is 1. The second kappa shape index (κ2) is 8.53. The Morgan fingerprint density at radius 1 is 1.15 bits per heavy atom. The number of allylic oxidation sites excluding steroid dienone is 1. The van der Waals surface area contributed by atoms with Crippen LogP contribution < -0.4 is 10.6 Å². The molecule has 0 unspecified atom stereocenters. The molecule has 0 aliphatic carbocycles. The van der Waals surface area contributed by atoms with Crippen molar-refractivity contribution in [2.75, 3.05) is 17.7 Å². The quantitative estimate of drug-likeness (QED) is 0.847. The van der Waals surface area contributed by atoms with E-state index < -0.39 is 0 Å². The number of ether oxygens (including phenoxy) is 1. The number of carbonyl (C=O) groups excluding carboxylic acids is 2. The summed E-state index contributed by atoms with van der Waals surface area (Å²) in [4.78, 5) is 29.8. The topological polar surface area (TPSA) is 80.3 Å². The van der Waals surface area contributed by atoms with E-state index in [1.807, 2.05) is 18.2 Å². The Hall–Kier alpha value is -2.80. The number of rotatable bonds is 5. The molecule has 0 saturated carbocycles. The zero-order chi connectivity index (χ0) is 18.4. The third-order valence-corrected chi connectivity index (χ3v) is 4.88. The van der Waals surface area contributed by atoms with Crippen molar-refractivity contribution in [1.29, 1.82) is 0 Å². The number of anilines is 1. The predicted octanol–water partition coefficient (Wildman–Crippen LogP) is 2.95. The average Bonchev–Trinajstić information content (AvgIpc) is 2.67. The van der Waals surface area contributed by atoms with Gasteiger partial charge < -0.3 is 15.4 Å². The number of hydrogen-bond donors (Lipinski definition) is 2. The lowest BCUT2D eigenvalue weighted by Crippen LogP contribution is -2.26. The van der Waals surface area contributed by atoms with E-state index in [1.54, 1.807) is 37.4 Å². The maximum absolute atomic E-state index is 12.5. The van der Waals surface area contributed by atoms with Crippen molar-refractivity contribution in [3.63, 3.8) is 0 Å².